The summed E-state index contributed by atoms with van der Waals surface area (Å²) >= 11 is 3.11. The van der Waals surface area contributed by atoms with Gasteiger partial charge in [0.25, 0.3) is 0 Å². The number of aromatic nitrogens is 1. The van der Waals surface area contributed by atoms with E-state index in [0.717, 1.165) is 18.2 Å². The second kappa shape index (κ2) is 4.29. The van der Waals surface area contributed by atoms with Crippen LogP contribution in [0.3, 0.4) is 0 Å². The first kappa shape index (κ1) is 11.8. The summed E-state index contributed by atoms with van der Waals surface area (Å²) in [5.41, 5.74) is 0.0347. The molecule has 2 rings (SSSR count). The second-order valence-electron chi connectivity index (χ2n) is 3.35. The summed E-state index contributed by atoms with van der Waals surface area (Å²) in [6.07, 6.45) is 1.43. The minimum atomic E-state index is -1.18. The molecular formula is C11H6BrF2NO2. The molecule has 0 saturated heterocycles. The number of hydrogen-bond donors (Lipinski definition) is 1. The summed E-state index contributed by atoms with van der Waals surface area (Å²) in [5.74, 6) is -2.71. The lowest BCUT2D eigenvalue weighted by Crippen LogP contribution is -2.06. The van der Waals surface area contributed by atoms with Crippen molar-refractivity contribution in [2.24, 2.45) is 0 Å². The van der Waals surface area contributed by atoms with E-state index in [1.54, 1.807) is 0 Å². The van der Waals surface area contributed by atoms with Crippen LogP contribution in [-0.4, -0.2) is 15.6 Å². The van der Waals surface area contributed by atoms with E-state index in [1.165, 1.54) is 16.8 Å². The molecule has 0 amide bonds. The quantitative estimate of drug-likeness (QED) is 0.925. The number of aromatic carboxylic acids is 1. The highest BCUT2D eigenvalue weighted by molar-refractivity contribution is 9.10. The van der Waals surface area contributed by atoms with E-state index in [2.05, 4.69) is 15.9 Å². The first-order chi connectivity index (χ1) is 7.97. The zero-order valence-corrected chi connectivity index (χ0v) is 9.91. The predicted molar refractivity (Wildman–Crippen MR) is 60.3 cm³/mol. The molecule has 0 radical (unpaired) electrons. The summed E-state index contributed by atoms with van der Waals surface area (Å²) in [5, 5.41) is 8.95. The van der Waals surface area contributed by atoms with Crippen molar-refractivity contribution in [3.63, 3.8) is 0 Å². The minimum Gasteiger partial charge on any atom is -0.477 e. The van der Waals surface area contributed by atoms with E-state index in [-0.39, 0.29) is 11.4 Å². The van der Waals surface area contributed by atoms with Gasteiger partial charge < -0.3 is 9.67 Å². The fourth-order valence-electron chi connectivity index (χ4n) is 1.49. The maximum absolute atomic E-state index is 13.0. The Morgan fingerprint density at radius 3 is 2.29 bits per heavy atom. The third-order valence-electron chi connectivity index (χ3n) is 2.13. The lowest BCUT2D eigenvalue weighted by Gasteiger charge is -2.06. The van der Waals surface area contributed by atoms with Crippen LogP contribution in [0.15, 0.2) is 34.9 Å². The smallest absolute Gasteiger partial charge is 0.352 e. The molecule has 1 N–H and O–H groups in total. The van der Waals surface area contributed by atoms with Crippen LogP contribution >= 0.6 is 15.9 Å². The number of rotatable bonds is 2. The Balaban J connectivity index is 2.63. The minimum absolute atomic E-state index is 0.0816. The molecule has 0 bridgehead atoms. The van der Waals surface area contributed by atoms with Gasteiger partial charge in [0.2, 0.25) is 0 Å². The molecule has 1 aromatic heterocycles. The maximum atomic E-state index is 13.0. The van der Waals surface area contributed by atoms with Gasteiger partial charge in [-0.15, -0.1) is 0 Å². The monoisotopic (exact) mass is 301 g/mol. The van der Waals surface area contributed by atoms with Crippen LogP contribution in [0.5, 0.6) is 0 Å². The molecule has 17 heavy (non-hydrogen) atoms. The van der Waals surface area contributed by atoms with Crippen molar-refractivity contribution >= 4 is 21.9 Å². The Hall–Kier alpha value is -1.69. The molecule has 3 nitrogen and oxygen atoms in total. The van der Waals surface area contributed by atoms with Crippen molar-refractivity contribution in [1.29, 1.82) is 0 Å². The average Bonchev–Trinajstić information content (AvgIpc) is 2.59. The second-order valence-corrected chi connectivity index (χ2v) is 4.26. The van der Waals surface area contributed by atoms with Gasteiger partial charge in [-0.05, 0) is 34.1 Å². The molecule has 0 atom stereocenters. The molecule has 0 spiro atoms. The van der Waals surface area contributed by atoms with Crippen molar-refractivity contribution in [2.75, 3.05) is 0 Å². The summed E-state index contributed by atoms with van der Waals surface area (Å²) in [7, 11) is 0. The number of nitrogens with zero attached hydrogens (tertiary/aromatic N) is 1. The highest BCUT2D eigenvalue weighted by Gasteiger charge is 2.14. The number of carboxylic acids is 1. The van der Waals surface area contributed by atoms with Gasteiger partial charge >= 0.3 is 5.97 Å². The third-order valence-corrected chi connectivity index (χ3v) is 2.56. The summed E-state index contributed by atoms with van der Waals surface area (Å²) in [6.45, 7) is 0. The van der Waals surface area contributed by atoms with Gasteiger partial charge in [0.1, 0.15) is 17.3 Å². The molecule has 0 aliphatic rings. The van der Waals surface area contributed by atoms with E-state index in [0.29, 0.717) is 4.47 Å². The maximum Gasteiger partial charge on any atom is 0.352 e. The van der Waals surface area contributed by atoms with Crippen LogP contribution < -0.4 is 0 Å². The molecule has 1 aromatic carbocycles. The fourth-order valence-corrected chi connectivity index (χ4v) is 1.91. The van der Waals surface area contributed by atoms with E-state index in [4.69, 9.17) is 5.11 Å². The molecule has 6 heteroatoms. The van der Waals surface area contributed by atoms with Crippen LogP contribution in [0.25, 0.3) is 5.69 Å². The Morgan fingerprint density at radius 2 is 1.76 bits per heavy atom. The Kier molecular flexibility index (Phi) is 2.97. The van der Waals surface area contributed by atoms with Crippen molar-refractivity contribution in [3.8, 4) is 5.69 Å². The average molecular weight is 302 g/mol. The number of benzene rings is 1. The van der Waals surface area contributed by atoms with Crippen molar-refractivity contribution in [3.05, 3.63) is 52.3 Å². The van der Waals surface area contributed by atoms with Gasteiger partial charge in [-0.25, -0.2) is 13.6 Å². The Morgan fingerprint density at radius 1 is 1.18 bits per heavy atom. The fraction of sp³-hybridized carbons (Fsp3) is 0. The van der Waals surface area contributed by atoms with Crippen LogP contribution in [0, 0.1) is 11.6 Å². The largest absolute Gasteiger partial charge is 0.477 e. The first-order valence-electron chi connectivity index (χ1n) is 4.55. The number of carbonyl (C=O) groups is 1. The third kappa shape index (κ3) is 2.36. The molecule has 0 aliphatic carbocycles. The van der Waals surface area contributed by atoms with Crippen LogP contribution in [0.1, 0.15) is 10.5 Å². The van der Waals surface area contributed by atoms with Crippen LogP contribution in [0.2, 0.25) is 0 Å². The zero-order chi connectivity index (χ0) is 12.6. The van der Waals surface area contributed by atoms with Crippen LogP contribution in [0.4, 0.5) is 8.78 Å². The van der Waals surface area contributed by atoms with Crippen molar-refractivity contribution in [1.82, 2.24) is 4.57 Å². The lowest BCUT2D eigenvalue weighted by molar-refractivity contribution is 0.0688. The topological polar surface area (TPSA) is 42.2 Å². The molecule has 0 fully saturated rings. The van der Waals surface area contributed by atoms with Crippen molar-refractivity contribution in [2.45, 2.75) is 0 Å². The van der Waals surface area contributed by atoms with Crippen LogP contribution in [-0.2, 0) is 0 Å². The number of halogens is 3. The van der Waals surface area contributed by atoms with Crippen molar-refractivity contribution < 1.29 is 18.7 Å². The summed E-state index contributed by atoms with van der Waals surface area (Å²) in [4.78, 5) is 10.9. The molecule has 2 aromatic rings. The van der Waals surface area contributed by atoms with Gasteiger partial charge in [0.05, 0.1) is 5.69 Å². The van der Waals surface area contributed by atoms with Gasteiger partial charge in [-0.3, -0.25) is 0 Å². The van der Waals surface area contributed by atoms with Gasteiger partial charge in [-0.1, -0.05) is 0 Å². The zero-order valence-electron chi connectivity index (χ0n) is 8.32. The number of carboxylic acid groups (broad SMARTS) is 1. The van der Waals surface area contributed by atoms with E-state index in [1.807, 2.05) is 0 Å². The van der Waals surface area contributed by atoms with E-state index < -0.39 is 17.6 Å². The first-order valence-corrected chi connectivity index (χ1v) is 5.34. The molecule has 0 saturated carbocycles. The lowest BCUT2D eigenvalue weighted by atomic mass is 10.3. The van der Waals surface area contributed by atoms with Gasteiger partial charge in [0, 0.05) is 16.7 Å². The summed E-state index contributed by atoms with van der Waals surface area (Å²) in [6, 6.07) is 4.19. The highest BCUT2D eigenvalue weighted by atomic mass is 79.9. The molecule has 1 heterocycles. The van der Waals surface area contributed by atoms with Gasteiger partial charge in [-0.2, -0.15) is 0 Å². The van der Waals surface area contributed by atoms with Gasteiger partial charge in [0.15, 0.2) is 0 Å². The molecule has 88 valence electrons. The number of hydrogen-bond acceptors (Lipinski definition) is 1. The Labute approximate surface area is 103 Å². The van der Waals surface area contributed by atoms with E-state index in [9.17, 15) is 13.6 Å². The SMILES string of the molecule is O=C(O)c1cc(Br)cn1-c1cc(F)cc(F)c1. The normalized spacial score (nSPS) is 10.5. The summed E-state index contributed by atoms with van der Waals surface area (Å²) < 4.78 is 27.8. The molecule has 0 aliphatic heterocycles. The molecule has 0 unspecified atom stereocenters. The highest BCUT2D eigenvalue weighted by Crippen LogP contribution is 2.21. The van der Waals surface area contributed by atoms with E-state index >= 15 is 0 Å². The Bertz CT molecular complexity index is 575. The molecular weight excluding hydrogens is 296 g/mol. The standard InChI is InChI=1S/C11H6BrF2NO2/c12-6-1-10(11(16)17)15(5-6)9-3-7(13)2-8(14)4-9/h1-5H,(H,16,17). The predicted octanol–water partition coefficient (Wildman–Crippen LogP) is 3.22.